The normalized spacial score (nSPS) is 10.8. The van der Waals surface area contributed by atoms with Crippen molar-refractivity contribution in [1.29, 1.82) is 0 Å². The van der Waals surface area contributed by atoms with Gasteiger partial charge in [0.2, 0.25) is 0 Å². The van der Waals surface area contributed by atoms with Crippen LogP contribution in [0.25, 0.3) is 17.3 Å². The van der Waals surface area contributed by atoms with E-state index < -0.39 is 5.97 Å². The molecule has 1 aromatic heterocycles. The van der Waals surface area contributed by atoms with Gasteiger partial charge in [-0.25, -0.2) is 9.48 Å². The minimum absolute atomic E-state index is 0.282. The Labute approximate surface area is 127 Å². The third kappa shape index (κ3) is 3.41. The van der Waals surface area contributed by atoms with Gasteiger partial charge in [0.25, 0.3) is 5.56 Å². The van der Waals surface area contributed by atoms with Crippen LogP contribution >= 0.6 is 0 Å². The molecule has 0 atom stereocenters. The van der Waals surface area contributed by atoms with Crippen LogP contribution in [0, 0.1) is 0 Å². The van der Waals surface area contributed by atoms with E-state index in [4.69, 9.17) is 9.84 Å². The summed E-state index contributed by atoms with van der Waals surface area (Å²) in [4.78, 5) is 22.8. The lowest BCUT2D eigenvalue weighted by molar-refractivity contribution is -0.131. The molecular formula is C16H16N2O4. The fourth-order valence-corrected chi connectivity index (χ4v) is 1.96. The van der Waals surface area contributed by atoms with Crippen molar-refractivity contribution >= 4 is 12.0 Å². The summed E-state index contributed by atoms with van der Waals surface area (Å²) in [6.07, 6.45) is 2.22. The largest absolute Gasteiger partial charge is 0.497 e. The Kier molecular flexibility index (Phi) is 4.73. The Morgan fingerprint density at radius 3 is 2.59 bits per heavy atom. The lowest BCUT2D eigenvalue weighted by Crippen LogP contribution is -2.24. The number of hydrogen-bond acceptors (Lipinski definition) is 4. The van der Waals surface area contributed by atoms with Gasteiger partial charge in [0.1, 0.15) is 5.75 Å². The van der Waals surface area contributed by atoms with Crippen LogP contribution in [0.4, 0.5) is 0 Å². The summed E-state index contributed by atoms with van der Waals surface area (Å²) in [5.74, 6) is -0.385. The molecule has 0 saturated heterocycles. The van der Waals surface area contributed by atoms with Crippen molar-refractivity contribution < 1.29 is 14.6 Å². The van der Waals surface area contributed by atoms with Crippen LogP contribution in [-0.4, -0.2) is 28.0 Å². The molecule has 0 fully saturated rings. The number of carboxylic acid groups (broad SMARTS) is 1. The van der Waals surface area contributed by atoms with E-state index in [1.54, 1.807) is 32.2 Å². The maximum absolute atomic E-state index is 12.1. The molecule has 1 heterocycles. The number of carboxylic acids is 1. The van der Waals surface area contributed by atoms with Crippen LogP contribution in [0.5, 0.6) is 5.75 Å². The highest BCUT2D eigenvalue weighted by atomic mass is 16.5. The summed E-state index contributed by atoms with van der Waals surface area (Å²) in [6, 6.07) is 8.83. The average Bonchev–Trinajstić information content (AvgIpc) is 2.54. The third-order valence-corrected chi connectivity index (χ3v) is 3.09. The maximum atomic E-state index is 12.1. The predicted molar refractivity (Wildman–Crippen MR) is 82.8 cm³/mol. The third-order valence-electron chi connectivity index (χ3n) is 3.09. The second-order valence-electron chi connectivity index (χ2n) is 4.51. The number of methoxy groups -OCH3 is 1. The van der Waals surface area contributed by atoms with E-state index in [0.717, 1.165) is 17.4 Å². The van der Waals surface area contributed by atoms with Crippen molar-refractivity contribution in [2.75, 3.05) is 7.11 Å². The maximum Gasteiger partial charge on any atom is 0.328 e. The van der Waals surface area contributed by atoms with Gasteiger partial charge in [-0.3, -0.25) is 4.79 Å². The smallest absolute Gasteiger partial charge is 0.328 e. The monoisotopic (exact) mass is 300 g/mol. The number of ether oxygens (including phenoxy) is 1. The van der Waals surface area contributed by atoms with Crippen LogP contribution in [0.2, 0.25) is 0 Å². The van der Waals surface area contributed by atoms with E-state index in [-0.39, 0.29) is 11.1 Å². The first-order valence-corrected chi connectivity index (χ1v) is 6.72. The van der Waals surface area contributed by atoms with Crippen molar-refractivity contribution in [3.8, 4) is 17.0 Å². The first-order valence-electron chi connectivity index (χ1n) is 6.72. The van der Waals surface area contributed by atoms with Crippen LogP contribution in [0.1, 0.15) is 12.5 Å². The fourth-order valence-electron chi connectivity index (χ4n) is 1.96. The number of carbonyl (C=O) groups is 1. The van der Waals surface area contributed by atoms with Gasteiger partial charge in [-0.1, -0.05) is 0 Å². The molecule has 0 radical (unpaired) electrons. The van der Waals surface area contributed by atoms with Crippen molar-refractivity contribution in [3.63, 3.8) is 0 Å². The molecule has 0 bridgehead atoms. The number of aliphatic carboxylic acids is 1. The zero-order valence-electron chi connectivity index (χ0n) is 12.3. The second kappa shape index (κ2) is 6.71. The Bertz CT molecular complexity index is 761. The SMILES string of the molecule is CCn1nc(-c2ccc(OC)cc2)cc(/C=C/C(=O)O)c1=O. The standard InChI is InChI=1S/C16H16N2O4/c1-3-18-16(21)12(6-9-15(19)20)10-14(17-18)11-4-7-13(22-2)8-5-11/h4-10H,3H2,1-2H3,(H,19,20)/b9-6+. The summed E-state index contributed by atoms with van der Waals surface area (Å²) in [6.45, 7) is 2.20. The fraction of sp³-hybridized carbons (Fsp3) is 0.188. The van der Waals surface area contributed by atoms with Gasteiger partial charge in [0.05, 0.1) is 12.8 Å². The number of aryl methyl sites for hydroxylation is 1. The van der Waals surface area contributed by atoms with E-state index in [0.29, 0.717) is 12.2 Å². The molecule has 0 amide bonds. The summed E-state index contributed by atoms with van der Waals surface area (Å²) in [5.41, 5.74) is 1.37. The first kappa shape index (κ1) is 15.5. The molecule has 2 aromatic rings. The minimum Gasteiger partial charge on any atom is -0.497 e. The second-order valence-corrected chi connectivity index (χ2v) is 4.51. The molecule has 0 saturated carbocycles. The Morgan fingerprint density at radius 1 is 1.36 bits per heavy atom. The molecule has 1 N–H and O–H groups in total. The predicted octanol–water partition coefficient (Wildman–Crippen LogP) is 2.04. The van der Waals surface area contributed by atoms with E-state index in [1.165, 1.54) is 10.8 Å². The van der Waals surface area contributed by atoms with Crippen molar-refractivity contribution in [2.24, 2.45) is 0 Å². The average molecular weight is 300 g/mol. The van der Waals surface area contributed by atoms with Crippen LogP contribution < -0.4 is 10.3 Å². The zero-order valence-corrected chi connectivity index (χ0v) is 12.3. The van der Waals surface area contributed by atoms with Crippen molar-refractivity contribution in [1.82, 2.24) is 9.78 Å². The lowest BCUT2D eigenvalue weighted by atomic mass is 10.1. The van der Waals surface area contributed by atoms with Crippen molar-refractivity contribution in [3.05, 3.63) is 52.3 Å². The summed E-state index contributed by atoms with van der Waals surface area (Å²) >= 11 is 0. The minimum atomic E-state index is -1.11. The van der Waals surface area contributed by atoms with Crippen molar-refractivity contribution in [2.45, 2.75) is 13.5 Å². The van der Waals surface area contributed by atoms with E-state index in [2.05, 4.69) is 5.10 Å². The van der Waals surface area contributed by atoms with Gasteiger partial charge in [-0.05, 0) is 43.3 Å². The molecule has 0 unspecified atom stereocenters. The van der Waals surface area contributed by atoms with Crippen LogP contribution in [-0.2, 0) is 11.3 Å². The Morgan fingerprint density at radius 2 is 2.05 bits per heavy atom. The lowest BCUT2D eigenvalue weighted by Gasteiger charge is -2.08. The molecule has 6 heteroatoms. The van der Waals surface area contributed by atoms with Crippen LogP contribution in [0.15, 0.2) is 41.2 Å². The highest BCUT2D eigenvalue weighted by Gasteiger charge is 2.08. The number of aromatic nitrogens is 2. The number of nitrogens with zero attached hydrogens (tertiary/aromatic N) is 2. The highest BCUT2D eigenvalue weighted by molar-refractivity contribution is 5.85. The van der Waals surface area contributed by atoms with Gasteiger partial charge in [-0.2, -0.15) is 5.10 Å². The molecular weight excluding hydrogens is 284 g/mol. The summed E-state index contributed by atoms with van der Waals surface area (Å²) < 4.78 is 6.41. The Hall–Kier alpha value is -2.89. The molecule has 1 aromatic carbocycles. The topological polar surface area (TPSA) is 81.4 Å². The number of hydrogen-bond donors (Lipinski definition) is 1. The van der Waals surface area contributed by atoms with E-state index in [1.807, 2.05) is 12.1 Å². The summed E-state index contributed by atoms with van der Waals surface area (Å²) in [5, 5.41) is 13.0. The van der Waals surface area contributed by atoms with Crippen LogP contribution in [0.3, 0.4) is 0 Å². The van der Waals surface area contributed by atoms with Gasteiger partial charge < -0.3 is 9.84 Å². The molecule has 0 aliphatic carbocycles. The molecule has 0 aliphatic heterocycles. The quantitative estimate of drug-likeness (QED) is 0.854. The van der Waals surface area contributed by atoms with Gasteiger partial charge in [0.15, 0.2) is 0 Å². The molecule has 0 spiro atoms. The molecule has 114 valence electrons. The zero-order chi connectivity index (χ0) is 16.1. The molecule has 22 heavy (non-hydrogen) atoms. The number of benzene rings is 1. The van der Waals surface area contributed by atoms with E-state index in [9.17, 15) is 9.59 Å². The molecule has 6 nitrogen and oxygen atoms in total. The molecule has 2 rings (SSSR count). The summed E-state index contributed by atoms with van der Waals surface area (Å²) in [7, 11) is 1.58. The van der Waals surface area contributed by atoms with Gasteiger partial charge in [0, 0.05) is 23.7 Å². The van der Waals surface area contributed by atoms with Gasteiger partial charge >= 0.3 is 5.97 Å². The van der Waals surface area contributed by atoms with Gasteiger partial charge in [-0.15, -0.1) is 0 Å². The first-order chi connectivity index (χ1) is 10.5. The number of rotatable bonds is 5. The molecule has 0 aliphatic rings. The highest BCUT2D eigenvalue weighted by Crippen LogP contribution is 2.20. The Balaban J connectivity index is 2.53. The van der Waals surface area contributed by atoms with E-state index >= 15 is 0 Å².